The molecule has 0 radical (unpaired) electrons. The van der Waals surface area contributed by atoms with Gasteiger partial charge in [0.05, 0.1) is 20.3 Å². The minimum absolute atomic E-state index is 0.0731. The second kappa shape index (κ2) is 10.6. The summed E-state index contributed by atoms with van der Waals surface area (Å²) >= 11 is 0. The SMILES string of the molecule is COc1cc(/C=C/C(=O)OC2C(OC3C(O)COC(O)C3O)OC(CO)C2O)ccc1O. The average Bonchev–Trinajstić information content (AvgIpc) is 3.07. The van der Waals surface area contributed by atoms with E-state index in [0.717, 1.165) is 6.08 Å². The third-order valence-corrected chi connectivity index (χ3v) is 5.08. The van der Waals surface area contributed by atoms with Gasteiger partial charge in [0.2, 0.25) is 0 Å². The van der Waals surface area contributed by atoms with Crippen molar-refractivity contribution in [3.8, 4) is 11.5 Å². The highest BCUT2D eigenvalue weighted by molar-refractivity contribution is 5.87. The number of aliphatic hydroxyl groups excluding tert-OH is 5. The van der Waals surface area contributed by atoms with Crippen LogP contribution in [-0.4, -0.2) is 106 Å². The lowest BCUT2D eigenvalue weighted by Gasteiger charge is -2.37. The molecule has 32 heavy (non-hydrogen) atoms. The predicted octanol–water partition coefficient (Wildman–Crippen LogP) is -2.14. The van der Waals surface area contributed by atoms with Gasteiger partial charge in [-0.1, -0.05) is 6.07 Å². The van der Waals surface area contributed by atoms with E-state index >= 15 is 0 Å². The van der Waals surface area contributed by atoms with Crippen LogP contribution in [0, 0.1) is 0 Å². The molecule has 12 nitrogen and oxygen atoms in total. The van der Waals surface area contributed by atoms with Gasteiger partial charge in [0, 0.05) is 6.08 Å². The number of rotatable bonds is 7. The number of aromatic hydroxyl groups is 1. The maximum absolute atomic E-state index is 12.3. The number of ether oxygens (including phenoxy) is 5. The van der Waals surface area contributed by atoms with Gasteiger partial charge in [-0.25, -0.2) is 4.79 Å². The van der Waals surface area contributed by atoms with Gasteiger partial charge in [-0.2, -0.15) is 0 Å². The van der Waals surface area contributed by atoms with E-state index < -0.39 is 61.8 Å². The summed E-state index contributed by atoms with van der Waals surface area (Å²) in [6, 6.07) is 4.40. The van der Waals surface area contributed by atoms with Gasteiger partial charge in [0.1, 0.15) is 30.5 Å². The average molecular weight is 458 g/mol. The summed E-state index contributed by atoms with van der Waals surface area (Å²) in [5.74, 6) is -0.753. The van der Waals surface area contributed by atoms with E-state index in [1.807, 2.05) is 0 Å². The van der Waals surface area contributed by atoms with E-state index in [2.05, 4.69) is 0 Å². The number of phenolic OH excluding ortho intramolecular Hbond substituents is 1. The monoisotopic (exact) mass is 458 g/mol. The van der Waals surface area contributed by atoms with Gasteiger partial charge in [-0.15, -0.1) is 0 Å². The maximum Gasteiger partial charge on any atom is 0.331 e. The van der Waals surface area contributed by atoms with Gasteiger partial charge < -0.3 is 54.3 Å². The Morgan fingerprint density at radius 1 is 1.19 bits per heavy atom. The Morgan fingerprint density at radius 2 is 1.94 bits per heavy atom. The zero-order valence-corrected chi connectivity index (χ0v) is 17.1. The van der Waals surface area contributed by atoms with Crippen LogP contribution in [0.5, 0.6) is 11.5 Å². The van der Waals surface area contributed by atoms with Crippen molar-refractivity contribution >= 4 is 12.0 Å². The number of hydrogen-bond donors (Lipinski definition) is 6. The fourth-order valence-electron chi connectivity index (χ4n) is 3.33. The van der Waals surface area contributed by atoms with Crippen LogP contribution in [0.4, 0.5) is 0 Å². The molecule has 3 rings (SSSR count). The molecular weight excluding hydrogens is 432 g/mol. The van der Waals surface area contributed by atoms with Crippen LogP contribution in [0.2, 0.25) is 0 Å². The molecule has 2 fully saturated rings. The van der Waals surface area contributed by atoms with Crippen molar-refractivity contribution in [1.82, 2.24) is 0 Å². The third kappa shape index (κ3) is 5.36. The molecule has 0 amide bonds. The van der Waals surface area contributed by atoms with Crippen LogP contribution in [0.15, 0.2) is 24.3 Å². The number of carbonyl (C=O) groups is 1. The van der Waals surface area contributed by atoms with Crippen molar-refractivity contribution < 1.29 is 59.1 Å². The Labute approximate surface area is 182 Å². The predicted molar refractivity (Wildman–Crippen MR) is 104 cm³/mol. The normalized spacial score (nSPS) is 35.2. The number of benzene rings is 1. The summed E-state index contributed by atoms with van der Waals surface area (Å²) in [6.07, 6.45) is -8.97. The van der Waals surface area contributed by atoms with E-state index in [-0.39, 0.29) is 18.1 Å². The molecule has 0 aromatic heterocycles. The van der Waals surface area contributed by atoms with Crippen LogP contribution in [0.3, 0.4) is 0 Å². The van der Waals surface area contributed by atoms with Gasteiger partial charge in [0.25, 0.3) is 0 Å². The second-order valence-corrected chi connectivity index (χ2v) is 7.26. The molecule has 0 aliphatic carbocycles. The van der Waals surface area contributed by atoms with Crippen molar-refractivity contribution in [3.05, 3.63) is 29.8 Å². The standard InChI is InChI=1S/C20H26O12/c1-28-12-6-9(2-4-10(12)22)3-5-14(24)31-18-15(25)13(7-21)30-20(18)32-17-11(23)8-29-19(27)16(17)26/h2-6,11,13,15-23,25-27H,7-8H2,1H3/b5-3+. The Kier molecular flexibility index (Phi) is 8.03. The van der Waals surface area contributed by atoms with Crippen molar-refractivity contribution in [3.63, 3.8) is 0 Å². The number of hydrogen-bond acceptors (Lipinski definition) is 12. The van der Waals surface area contributed by atoms with Crippen molar-refractivity contribution in [1.29, 1.82) is 0 Å². The summed E-state index contributed by atoms with van der Waals surface area (Å²) in [4.78, 5) is 12.3. The summed E-state index contributed by atoms with van der Waals surface area (Å²) in [5, 5.41) is 59.0. The molecule has 6 N–H and O–H groups in total. The van der Waals surface area contributed by atoms with Crippen molar-refractivity contribution in [2.75, 3.05) is 20.3 Å². The lowest BCUT2D eigenvalue weighted by atomic mass is 10.0. The summed E-state index contributed by atoms with van der Waals surface area (Å²) in [6.45, 7) is -0.940. The molecule has 2 heterocycles. The molecule has 1 aromatic rings. The number of carbonyl (C=O) groups excluding carboxylic acids is 1. The smallest absolute Gasteiger partial charge is 0.331 e. The van der Waals surface area contributed by atoms with Gasteiger partial charge in [-0.3, -0.25) is 0 Å². The lowest BCUT2D eigenvalue weighted by molar-refractivity contribution is -0.299. The first-order valence-electron chi connectivity index (χ1n) is 9.76. The molecule has 0 saturated carbocycles. The second-order valence-electron chi connectivity index (χ2n) is 7.26. The van der Waals surface area contributed by atoms with Crippen LogP contribution in [0.1, 0.15) is 5.56 Å². The number of methoxy groups -OCH3 is 1. The molecule has 8 unspecified atom stereocenters. The zero-order valence-electron chi connectivity index (χ0n) is 17.1. The molecule has 2 aliphatic rings. The quantitative estimate of drug-likeness (QED) is 0.193. The fourth-order valence-corrected chi connectivity index (χ4v) is 3.33. The fraction of sp³-hybridized carbons (Fsp3) is 0.550. The first-order chi connectivity index (χ1) is 15.2. The topological polar surface area (TPSA) is 185 Å². The van der Waals surface area contributed by atoms with Crippen LogP contribution >= 0.6 is 0 Å². The molecule has 2 aliphatic heterocycles. The van der Waals surface area contributed by atoms with E-state index in [0.29, 0.717) is 5.56 Å². The third-order valence-electron chi connectivity index (χ3n) is 5.08. The zero-order chi connectivity index (χ0) is 23.4. The molecule has 8 atom stereocenters. The van der Waals surface area contributed by atoms with Gasteiger partial charge in [-0.05, 0) is 23.8 Å². The lowest BCUT2D eigenvalue weighted by Crippen LogP contribution is -2.56. The van der Waals surface area contributed by atoms with E-state index in [4.69, 9.17) is 23.7 Å². The molecule has 0 spiro atoms. The van der Waals surface area contributed by atoms with E-state index in [9.17, 15) is 35.4 Å². The minimum atomic E-state index is -1.63. The maximum atomic E-state index is 12.3. The largest absolute Gasteiger partial charge is 0.504 e. The highest BCUT2D eigenvalue weighted by Gasteiger charge is 2.50. The molecule has 0 bridgehead atoms. The summed E-state index contributed by atoms with van der Waals surface area (Å²) in [7, 11) is 1.38. The van der Waals surface area contributed by atoms with Crippen LogP contribution < -0.4 is 4.74 Å². The first kappa shape index (κ1) is 24.4. The van der Waals surface area contributed by atoms with Crippen molar-refractivity contribution in [2.45, 2.75) is 49.2 Å². The highest BCUT2D eigenvalue weighted by atomic mass is 16.7. The Bertz CT molecular complexity index is 814. The summed E-state index contributed by atoms with van der Waals surface area (Å²) in [5.41, 5.74) is 0.517. The van der Waals surface area contributed by atoms with E-state index in [1.54, 1.807) is 0 Å². The number of aliphatic hydroxyl groups is 5. The van der Waals surface area contributed by atoms with E-state index in [1.165, 1.54) is 31.4 Å². The van der Waals surface area contributed by atoms with Crippen LogP contribution in [-0.2, 0) is 23.7 Å². The summed E-state index contributed by atoms with van der Waals surface area (Å²) < 4.78 is 25.9. The molecule has 2 saturated heterocycles. The Balaban J connectivity index is 1.69. The van der Waals surface area contributed by atoms with Crippen LogP contribution in [0.25, 0.3) is 6.08 Å². The van der Waals surface area contributed by atoms with Gasteiger partial charge >= 0.3 is 5.97 Å². The molecular formula is C20H26O12. The Morgan fingerprint density at radius 3 is 2.62 bits per heavy atom. The van der Waals surface area contributed by atoms with Crippen molar-refractivity contribution in [2.24, 2.45) is 0 Å². The van der Waals surface area contributed by atoms with Gasteiger partial charge in [0.15, 0.2) is 30.2 Å². The molecule has 12 heteroatoms. The highest BCUT2D eigenvalue weighted by Crippen LogP contribution is 2.30. The first-order valence-corrected chi connectivity index (χ1v) is 9.76. The minimum Gasteiger partial charge on any atom is -0.504 e. The molecule has 178 valence electrons. The molecule has 1 aromatic carbocycles. The Hall–Kier alpha value is -2.29. The number of phenols is 1. The number of esters is 1.